The Morgan fingerprint density at radius 1 is 1.07 bits per heavy atom. The number of hydrogen-bond donors (Lipinski definition) is 2. The molecule has 0 aromatic heterocycles. The van der Waals surface area contributed by atoms with Crippen molar-refractivity contribution in [2.45, 2.75) is 34.6 Å². The standard InChI is InChI=1S/C22H24N2O4/c1-12-9-10-16-15(11-12)23-19(25)17(20(26)28-16)22(4,5)21(27)24-18-13(2)7-6-8-14(18)3/h6-11,17H,1-5H3,(H,23,25)(H,24,27). The topological polar surface area (TPSA) is 84.5 Å². The van der Waals surface area contributed by atoms with Crippen molar-refractivity contribution in [2.75, 3.05) is 10.6 Å². The summed E-state index contributed by atoms with van der Waals surface area (Å²) in [6.07, 6.45) is 0. The normalized spacial score (nSPS) is 16.5. The summed E-state index contributed by atoms with van der Waals surface area (Å²) in [4.78, 5) is 38.7. The summed E-state index contributed by atoms with van der Waals surface area (Å²) in [5.41, 5.74) is 2.50. The van der Waals surface area contributed by atoms with Gasteiger partial charge in [-0.1, -0.05) is 24.3 Å². The van der Waals surface area contributed by atoms with E-state index in [9.17, 15) is 14.4 Å². The van der Waals surface area contributed by atoms with E-state index in [-0.39, 0.29) is 5.75 Å². The summed E-state index contributed by atoms with van der Waals surface area (Å²) in [7, 11) is 0. The number of rotatable bonds is 3. The Balaban J connectivity index is 1.91. The van der Waals surface area contributed by atoms with Gasteiger partial charge in [0.05, 0.1) is 11.1 Å². The van der Waals surface area contributed by atoms with Crippen LogP contribution in [0.2, 0.25) is 0 Å². The molecule has 2 aromatic rings. The van der Waals surface area contributed by atoms with Gasteiger partial charge in [-0.3, -0.25) is 14.4 Å². The Morgan fingerprint density at radius 3 is 2.36 bits per heavy atom. The van der Waals surface area contributed by atoms with Crippen molar-refractivity contribution in [1.82, 2.24) is 0 Å². The van der Waals surface area contributed by atoms with E-state index >= 15 is 0 Å². The Morgan fingerprint density at radius 2 is 1.71 bits per heavy atom. The van der Waals surface area contributed by atoms with E-state index in [1.54, 1.807) is 32.0 Å². The molecule has 0 saturated heterocycles. The Labute approximate surface area is 164 Å². The van der Waals surface area contributed by atoms with Crippen LogP contribution in [0.1, 0.15) is 30.5 Å². The maximum absolute atomic E-state index is 13.1. The summed E-state index contributed by atoms with van der Waals surface area (Å²) in [6.45, 7) is 8.80. The number of nitrogens with one attached hydrogen (secondary N) is 2. The number of aryl methyl sites for hydroxylation is 3. The quantitative estimate of drug-likeness (QED) is 0.482. The van der Waals surface area contributed by atoms with Gasteiger partial charge in [0, 0.05) is 5.69 Å². The summed E-state index contributed by atoms with van der Waals surface area (Å²) in [5.74, 6) is -2.75. The van der Waals surface area contributed by atoms with Crippen LogP contribution in [0.5, 0.6) is 5.75 Å². The maximum Gasteiger partial charge on any atom is 0.325 e. The van der Waals surface area contributed by atoms with Crippen molar-refractivity contribution in [2.24, 2.45) is 11.3 Å². The largest absolute Gasteiger partial charge is 0.424 e. The summed E-state index contributed by atoms with van der Waals surface area (Å²) < 4.78 is 5.43. The van der Waals surface area contributed by atoms with Crippen molar-refractivity contribution < 1.29 is 19.1 Å². The molecule has 1 aliphatic heterocycles. The number of carbonyl (C=O) groups is 3. The predicted molar refractivity (Wildman–Crippen MR) is 107 cm³/mol. The van der Waals surface area contributed by atoms with E-state index in [2.05, 4.69) is 10.6 Å². The zero-order valence-electron chi connectivity index (χ0n) is 16.7. The number of esters is 1. The second kappa shape index (κ2) is 7.11. The van der Waals surface area contributed by atoms with Crippen LogP contribution in [0.4, 0.5) is 11.4 Å². The van der Waals surface area contributed by atoms with Crippen molar-refractivity contribution in [1.29, 1.82) is 0 Å². The van der Waals surface area contributed by atoms with Crippen molar-refractivity contribution >= 4 is 29.2 Å². The fraction of sp³-hybridized carbons (Fsp3) is 0.318. The first-order chi connectivity index (χ1) is 13.1. The molecule has 6 heteroatoms. The van der Waals surface area contributed by atoms with Crippen LogP contribution in [0.3, 0.4) is 0 Å². The zero-order valence-corrected chi connectivity index (χ0v) is 16.7. The molecule has 0 aliphatic carbocycles. The lowest BCUT2D eigenvalue weighted by molar-refractivity contribution is -0.151. The van der Waals surface area contributed by atoms with Gasteiger partial charge >= 0.3 is 5.97 Å². The van der Waals surface area contributed by atoms with Gasteiger partial charge in [-0.05, 0) is 63.4 Å². The van der Waals surface area contributed by atoms with E-state index in [0.29, 0.717) is 11.4 Å². The molecule has 2 N–H and O–H groups in total. The number of ether oxygens (including phenoxy) is 1. The second-order valence-electron chi connectivity index (χ2n) is 7.79. The van der Waals surface area contributed by atoms with Crippen molar-refractivity contribution in [3.8, 4) is 5.75 Å². The highest BCUT2D eigenvalue weighted by Gasteiger charge is 2.49. The van der Waals surface area contributed by atoms with Gasteiger partial charge in [-0.15, -0.1) is 0 Å². The molecule has 2 amide bonds. The van der Waals surface area contributed by atoms with Crippen LogP contribution < -0.4 is 15.4 Å². The molecule has 1 aliphatic rings. The lowest BCUT2D eigenvalue weighted by Gasteiger charge is -2.29. The van der Waals surface area contributed by atoms with Crippen LogP contribution >= 0.6 is 0 Å². The number of amides is 2. The molecular formula is C22H24N2O4. The van der Waals surface area contributed by atoms with E-state index in [0.717, 1.165) is 16.7 Å². The number of benzene rings is 2. The lowest BCUT2D eigenvalue weighted by Crippen LogP contribution is -2.47. The number of carbonyl (C=O) groups excluding carboxylic acids is 3. The third-order valence-corrected chi connectivity index (χ3v) is 5.13. The summed E-state index contributed by atoms with van der Waals surface area (Å²) in [5, 5.41) is 5.61. The first-order valence-electron chi connectivity index (χ1n) is 9.12. The lowest BCUT2D eigenvalue weighted by atomic mass is 9.77. The van der Waals surface area contributed by atoms with Crippen molar-refractivity contribution in [3.05, 3.63) is 53.1 Å². The highest BCUT2D eigenvalue weighted by atomic mass is 16.5. The Bertz CT molecular complexity index is 958. The van der Waals surface area contributed by atoms with Gasteiger partial charge in [0.1, 0.15) is 5.92 Å². The molecule has 1 atom stereocenters. The smallest absolute Gasteiger partial charge is 0.325 e. The van der Waals surface area contributed by atoms with Crippen LogP contribution in [0.15, 0.2) is 36.4 Å². The molecular weight excluding hydrogens is 356 g/mol. The summed E-state index contributed by atoms with van der Waals surface area (Å²) in [6, 6.07) is 10.8. The van der Waals surface area contributed by atoms with Gasteiger partial charge in [-0.2, -0.15) is 0 Å². The van der Waals surface area contributed by atoms with Crippen LogP contribution in [0.25, 0.3) is 0 Å². The average molecular weight is 380 g/mol. The van der Waals surface area contributed by atoms with Crippen LogP contribution in [0, 0.1) is 32.1 Å². The predicted octanol–water partition coefficient (Wildman–Crippen LogP) is 3.75. The van der Waals surface area contributed by atoms with Gasteiger partial charge in [0.2, 0.25) is 11.8 Å². The molecule has 6 nitrogen and oxygen atoms in total. The van der Waals surface area contributed by atoms with E-state index < -0.39 is 29.1 Å². The number of anilines is 2. The minimum absolute atomic E-state index is 0.275. The first kappa shape index (κ1) is 19.6. The highest BCUT2D eigenvalue weighted by Crippen LogP contribution is 2.37. The van der Waals surface area contributed by atoms with E-state index in [1.165, 1.54) is 0 Å². The second-order valence-corrected chi connectivity index (χ2v) is 7.79. The van der Waals surface area contributed by atoms with Gasteiger partial charge in [-0.25, -0.2) is 0 Å². The minimum Gasteiger partial charge on any atom is -0.424 e. The fourth-order valence-electron chi connectivity index (χ4n) is 3.35. The molecule has 0 spiro atoms. The van der Waals surface area contributed by atoms with Gasteiger partial charge < -0.3 is 15.4 Å². The SMILES string of the molecule is Cc1ccc2c(c1)NC(=O)C(C(C)(C)C(=O)Nc1c(C)cccc1C)C(=O)O2. The molecule has 2 aromatic carbocycles. The van der Waals surface area contributed by atoms with E-state index in [4.69, 9.17) is 4.74 Å². The average Bonchev–Trinajstić information content (AvgIpc) is 2.72. The molecule has 146 valence electrons. The summed E-state index contributed by atoms with van der Waals surface area (Å²) >= 11 is 0. The van der Waals surface area contributed by atoms with Crippen LogP contribution in [-0.4, -0.2) is 17.8 Å². The first-order valence-corrected chi connectivity index (χ1v) is 9.12. The molecule has 0 radical (unpaired) electrons. The third kappa shape index (κ3) is 3.50. The third-order valence-electron chi connectivity index (χ3n) is 5.13. The van der Waals surface area contributed by atoms with E-state index in [1.807, 2.05) is 39.0 Å². The fourth-order valence-corrected chi connectivity index (χ4v) is 3.35. The van der Waals surface area contributed by atoms with Gasteiger partial charge in [0.15, 0.2) is 5.75 Å². The highest BCUT2D eigenvalue weighted by molar-refractivity contribution is 6.13. The molecule has 0 bridgehead atoms. The molecule has 3 rings (SSSR count). The Hall–Kier alpha value is -3.15. The molecule has 0 fully saturated rings. The molecule has 1 heterocycles. The molecule has 1 unspecified atom stereocenters. The van der Waals surface area contributed by atoms with Crippen LogP contribution in [-0.2, 0) is 14.4 Å². The molecule has 28 heavy (non-hydrogen) atoms. The number of fused-ring (bicyclic) bond motifs is 1. The number of hydrogen-bond acceptors (Lipinski definition) is 4. The zero-order chi connectivity index (χ0) is 20.6. The molecule has 0 saturated carbocycles. The monoisotopic (exact) mass is 380 g/mol. The van der Waals surface area contributed by atoms with Crippen molar-refractivity contribution in [3.63, 3.8) is 0 Å². The number of para-hydroxylation sites is 1. The minimum atomic E-state index is -1.33. The maximum atomic E-state index is 13.1. The van der Waals surface area contributed by atoms with Gasteiger partial charge in [0.25, 0.3) is 0 Å². The Kier molecular flexibility index (Phi) is 4.98.